The number of aromatic nitrogens is 2. The van der Waals surface area contributed by atoms with Gasteiger partial charge in [0.2, 0.25) is 0 Å². The fourth-order valence-corrected chi connectivity index (χ4v) is 1.52. The van der Waals surface area contributed by atoms with E-state index in [-0.39, 0.29) is 0 Å². The van der Waals surface area contributed by atoms with Crippen molar-refractivity contribution in [2.45, 2.75) is 6.54 Å². The molecule has 2 aromatic rings. The van der Waals surface area contributed by atoms with Crippen molar-refractivity contribution in [1.82, 2.24) is 9.55 Å². The number of nitro groups is 1. The summed E-state index contributed by atoms with van der Waals surface area (Å²) in [6, 6.07) is 4.48. The summed E-state index contributed by atoms with van der Waals surface area (Å²) in [6.45, 7) is 0.312. The van der Waals surface area contributed by atoms with Gasteiger partial charge in [-0.1, -0.05) is 0 Å². The Bertz CT molecular complexity index is 651. The molecular weight excluding hydrogens is 236 g/mol. The standard InChI is InChI=1S/C11H10N4O3/c12-8-1-3-13-9(5-8)6-14-4-2-11(16)10(7-14)15(17)18/h1-5,7H,6H2,(H2,12,13). The molecule has 0 aliphatic carbocycles. The van der Waals surface area contributed by atoms with Crippen LogP contribution in [0.1, 0.15) is 5.69 Å². The van der Waals surface area contributed by atoms with Crippen molar-refractivity contribution >= 4 is 11.4 Å². The van der Waals surface area contributed by atoms with Gasteiger partial charge < -0.3 is 10.3 Å². The first-order valence-corrected chi connectivity index (χ1v) is 5.11. The first-order chi connectivity index (χ1) is 8.56. The van der Waals surface area contributed by atoms with E-state index in [0.29, 0.717) is 17.9 Å². The molecule has 0 unspecified atom stereocenters. The zero-order valence-corrected chi connectivity index (χ0v) is 9.31. The smallest absolute Gasteiger partial charge is 0.332 e. The van der Waals surface area contributed by atoms with Crippen molar-refractivity contribution in [1.29, 1.82) is 0 Å². The number of nitrogen functional groups attached to an aromatic ring is 1. The highest BCUT2D eigenvalue weighted by atomic mass is 16.6. The van der Waals surface area contributed by atoms with Crippen LogP contribution in [0.2, 0.25) is 0 Å². The lowest BCUT2D eigenvalue weighted by Gasteiger charge is -2.05. The number of nitrogens with zero attached hydrogens (tertiary/aromatic N) is 3. The molecule has 0 aliphatic heterocycles. The van der Waals surface area contributed by atoms with Gasteiger partial charge in [-0.25, -0.2) is 0 Å². The van der Waals surface area contributed by atoms with Crippen molar-refractivity contribution in [2.75, 3.05) is 5.73 Å². The molecule has 0 atom stereocenters. The topological polar surface area (TPSA) is 104 Å². The third-order valence-corrected chi connectivity index (χ3v) is 2.34. The SMILES string of the molecule is Nc1ccnc(Cn2ccc(=O)c([N+](=O)[O-])c2)c1. The zero-order chi connectivity index (χ0) is 13.1. The Hall–Kier alpha value is -2.70. The van der Waals surface area contributed by atoms with E-state index >= 15 is 0 Å². The zero-order valence-electron chi connectivity index (χ0n) is 9.31. The summed E-state index contributed by atoms with van der Waals surface area (Å²) >= 11 is 0. The highest BCUT2D eigenvalue weighted by Crippen LogP contribution is 2.07. The van der Waals surface area contributed by atoms with Crippen LogP contribution in [0.25, 0.3) is 0 Å². The van der Waals surface area contributed by atoms with E-state index in [4.69, 9.17) is 5.73 Å². The van der Waals surface area contributed by atoms with E-state index in [0.717, 1.165) is 6.07 Å². The predicted molar refractivity (Wildman–Crippen MR) is 65.1 cm³/mol. The summed E-state index contributed by atoms with van der Waals surface area (Å²) in [7, 11) is 0. The van der Waals surface area contributed by atoms with Gasteiger partial charge in [-0.15, -0.1) is 0 Å². The van der Waals surface area contributed by atoms with Crippen LogP contribution >= 0.6 is 0 Å². The molecule has 0 fully saturated rings. The minimum Gasteiger partial charge on any atom is -0.399 e. The quantitative estimate of drug-likeness (QED) is 0.636. The lowest BCUT2D eigenvalue weighted by molar-refractivity contribution is -0.386. The highest BCUT2D eigenvalue weighted by molar-refractivity contribution is 5.37. The molecule has 0 amide bonds. The first-order valence-electron chi connectivity index (χ1n) is 5.11. The molecule has 0 radical (unpaired) electrons. The molecule has 0 aromatic carbocycles. The Labute approximate surface area is 102 Å². The van der Waals surface area contributed by atoms with Crippen LogP contribution in [-0.2, 0) is 6.54 Å². The molecule has 0 spiro atoms. The largest absolute Gasteiger partial charge is 0.399 e. The van der Waals surface area contributed by atoms with Crippen molar-refractivity contribution in [2.24, 2.45) is 0 Å². The summed E-state index contributed by atoms with van der Waals surface area (Å²) in [6.07, 6.45) is 4.22. The van der Waals surface area contributed by atoms with Crippen molar-refractivity contribution in [3.05, 3.63) is 62.8 Å². The van der Waals surface area contributed by atoms with Gasteiger partial charge in [0.1, 0.15) is 0 Å². The third kappa shape index (κ3) is 2.51. The second-order valence-electron chi connectivity index (χ2n) is 3.70. The van der Waals surface area contributed by atoms with Crippen molar-refractivity contribution in [3.8, 4) is 0 Å². The molecule has 18 heavy (non-hydrogen) atoms. The van der Waals surface area contributed by atoms with Crippen LogP contribution < -0.4 is 11.2 Å². The monoisotopic (exact) mass is 246 g/mol. The van der Waals surface area contributed by atoms with E-state index in [9.17, 15) is 14.9 Å². The Morgan fingerprint density at radius 2 is 2.22 bits per heavy atom. The number of nitrogens with two attached hydrogens (primary N) is 1. The molecule has 2 aromatic heterocycles. The normalized spacial score (nSPS) is 10.2. The lowest BCUT2D eigenvalue weighted by atomic mass is 10.3. The van der Waals surface area contributed by atoms with Crippen LogP contribution in [0.5, 0.6) is 0 Å². The number of rotatable bonds is 3. The van der Waals surface area contributed by atoms with Crippen LogP contribution in [0, 0.1) is 10.1 Å². The minimum atomic E-state index is -0.703. The average Bonchev–Trinajstić information content (AvgIpc) is 2.31. The van der Waals surface area contributed by atoms with E-state index in [1.54, 1.807) is 18.3 Å². The molecule has 0 saturated carbocycles. The Kier molecular flexibility index (Phi) is 3.05. The van der Waals surface area contributed by atoms with Crippen LogP contribution in [-0.4, -0.2) is 14.5 Å². The molecule has 0 aliphatic rings. The minimum absolute atomic E-state index is 0.312. The summed E-state index contributed by atoms with van der Waals surface area (Å²) in [5.74, 6) is 0. The number of hydrogen-bond acceptors (Lipinski definition) is 5. The Morgan fingerprint density at radius 1 is 1.44 bits per heavy atom. The van der Waals surface area contributed by atoms with Crippen LogP contribution in [0.15, 0.2) is 41.6 Å². The van der Waals surface area contributed by atoms with E-state index in [1.165, 1.54) is 17.0 Å². The fourth-order valence-electron chi connectivity index (χ4n) is 1.52. The molecule has 92 valence electrons. The van der Waals surface area contributed by atoms with E-state index < -0.39 is 16.0 Å². The summed E-state index contributed by atoms with van der Waals surface area (Å²) in [5, 5.41) is 10.6. The number of pyridine rings is 2. The maximum absolute atomic E-state index is 11.2. The van der Waals surface area contributed by atoms with Gasteiger partial charge in [-0.05, 0) is 12.1 Å². The van der Waals surface area contributed by atoms with Gasteiger partial charge in [0.15, 0.2) is 0 Å². The van der Waals surface area contributed by atoms with E-state index in [1.807, 2.05) is 0 Å². The summed E-state index contributed by atoms with van der Waals surface area (Å²) in [5.41, 5.74) is 5.76. The first kappa shape index (κ1) is 11.8. The van der Waals surface area contributed by atoms with Gasteiger partial charge in [-0.2, -0.15) is 0 Å². The summed E-state index contributed by atoms with van der Waals surface area (Å²) < 4.78 is 1.52. The Balaban J connectivity index is 2.33. The van der Waals surface area contributed by atoms with Crippen molar-refractivity contribution in [3.63, 3.8) is 0 Å². The van der Waals surface area contributed by atoms with Gasteiger partial charge in [0, 0.05) is 24.1 Å². The molecular formula is C11H10N4O3. The van der Waals surface area contributed by atoms with E-state index in [2.05, 4.69) is 4.98 Å². The molecule has 2 N–H and O–H groups in total. The highest BCUT2D eigenvalue weighted by Gasteiger charge is 2.11. The lowest BCUT2D eigenvalue weighted by Crippen LogP contribution is -2.11. The number of anilines is 1. The van der Waals surface area contributed by atoms with Gasteiger partial charge in [-0.3, -0.25) is 19.9 Å². The molecule has 7 heteroatoms. The maximum atomic E-state index is 11.2. The second kappa shape index (κ2) is 4.66. The molecule has 0 bridgehead atoms. The molecule has 0 saturated heterocycles. The second-order valence-corrected chi connectivity index (χ2v) is 3.70. The molecule has 7 nitrogen and oxygen atoms in total. The van der Waals surface area contributed by atoms with Gasteiger partial charge in [0.05, 0.1) is 23.4 Å². The van der Waals surface area contributed by atoms with Gasteiger partial charge >= 0.3 is 5.69 Å². The number of hydrogen-bond donors (Lipinski definition) is 1. The molecule has 2 heterocycles. The summed E-state index contributed by atoms with van der Waals surface area (Å²) in [4.78, 5) is 25.2. The fraction of sp³-hybridized carbons (Fsp3) is 0.0909. The van der Waals surface area contributed by atoms with Crippen LogP contribution in [0.4, 0.5) is 11.4 Å². The van der Waals surface area contributed by atoms with Crippen LogP contribution in [0.3, 0.4) is 0 Å². The average molecular weight is 246 g/mol. The van der Waals surface area contributed by atoms with Crippen molar-refractivity contribution < 1.29 is 4.92 Å². The third-order valence-electron chi connectivity index (χ3n) is 2.34. The Morgan fingerprint density at radius 3 is 2.89 bits per heavy atom. The molecule has 2 rings (SSSR count). The maximum Gasteiger partial charge on any atom is 0.332 e. The van der Waals surface area contributed by atoms with Gasteiger partial charge in [0.25, 0.3) is 5.43 Å². The predicted octanol–water partition coefficient (Wildman–Crippen LogP) is 0.782.